The Morgan fingerprint density at radius 3 is 2.44 bits per heavy atom. The number of rotatable bonds is 3. The molecule has 1 amide bonds. The van der Waals surface area contributed by atoms with Gasteiger partial charge in [-0.2, -0.15) is 13.2 Å². The smallest absolute Gasteiger partial charge is 0.422 e. The number of halogens is 5. The summed E-state index contributed by atoms with van der Waals surface area (Å²) >= 11 is 0.765. The van der Waals surface area contributed by atoms with Gasteiger partial charge >= 0.3 is 11.9 Å². The Morgan fingerprint density at radius 1 is 1.15 bits per heavy atom. The number of carbonyl (C=O) groups is 1. The third-order valence-corrected chi connectivity index (χ3v) is 5.86. The topological polar surface area (TPSA) is 90.3 Å². The first-order valence-electron chi connectivity index (χ1n) is 9.33. The van der Waals surface area contributed by atoms with Crippen molar-refractivity contribution in [2.75, 3.05) is 4.90 Å². The predicted molar refractivity (Wildman–Crippen MR) is 112 cm³/mol. The van der Waals surface area contributed by atoms with Crippen molar-refractivity contribution in [2.24, 2.45) is 14.1 Å². The number of carbonyl (C=O) groups excluding carboxylic acids is 1. The SMILES string of the molecule is CC(=O)N(c1nc(-c2ccc(F)c(C(F)(F)F)c2F)cs1)c1coc2c1c(=O)n(C)c(=O)n2C. The predicted octanol–water partition coefficient (Wildman–Crippen LogP) is 3.94. The van der Waals surface area contributed by atoms with Crippen molar-refractivity contribution in [1.82, 2.24) is 14.1 Å². The molecule has 0 N–H and O–H groups in total. The minimum absolute atomic E-state index is 0.0739. The van der Waals surface area contributed by atoms with E-state index >= 15 is 0 Å². The van der Waals surface area contributed by atoms with E-state index in [-0.39, 0.29) is 27.6 Å². The van der Waals surface area contributed by atoms with Crippen LogP contribution in [0, 0.1) is 11.6 Å². The molecule has 0 atom stereocenters. The summed E-state index contributed by atoms with van der Waals surface area (Å²) in [7, 11) is 2.59. The number of furan rings is 1. The van der Waals surface area contributed by atoms with Gasteiger partial charge < -0.3 is 4.42 Å². The largest absolute Gasteiger partial charge is 0.445 e. The van der Waals surface area contributed by atoms with E-state index in [1.807, 2.05) is 0 Å². The molecule has 0 aliphatic rings. The lowest BCUT2D eigenvalue weighted by Crippen LogP contribution is -2.37. The van der Waals surface area contributed by atoms with Gasteiger partial charge in [-0.15, -0.1) is 11.3 Å². The maximum atomic E-state index is 14.6. The van der Waals surface area contributed by atoms with Crippen LogP contribution in [0.3, 0.4) is 0 Å². The van der Waals surface area contributed by atoms with Crippen LogP contribution < -0.4 is 16.1 Å². The second-order valence-corrected chi connectivity index (χ2v) is 7.99. The number of anilines is 2. The second kappa shape index (κ2) is 7.90. The number of benzene rings is 1. The molecule has 3 aromatic heterocycles. The lowest BCUT2D eigenvalue weighted by molar-refractivity contribution is -0.142. The van der Waals surface area contributed by atoms with E-state index < -0.39 is 46.1 Å². The summed E-state index contributed by atoms with van der Waals surface area (Å²) in [5.41, 5.74) is -4.60. The van der Waals surface area contributed by atoms with E-state index in [1.54, 1.807) is 0 Å². The maximum absolute atomic E-state index is 14.6. The van der Waals surface area contributed by atoms with Gasteiger partial charge in [0.2, 0.25) is 11.6 Å². The Balaban J connectivity index is 1.89. The Hall–Kier alpha value is -3.81. The molecule has 4 aromatic rings. The number of hydrogen-bond acceptors (Lipinski definition) is 6. The summed E-state index contributed by atoms with van der Waals surface area (Å²) in [6.45, 7) is 1.13. The number of alkyl halides is 3. The highest BCUT2D eigenvalue weighted by Gasteiger charge is 2.39. The van der Waals surface area contributed by atoms with Crippen LogP contribution in [0.25, 0.3) is 22.4 Å². The Kier molecular flexibility index (Phi) is 5.43. The van der Waals surface area contributed by atoms with Gasteiger partial charge in [0.05, 0.1) is 5.69 Å². The molecule has 0 spiro atoms. The lowest BCUT2D eigenvalue weighted by Gasteiger charge is -2.16. The summed E-state index contributed by atoms with van der Waals surface area (Å²) in [5.74, 6) is -4.28. The molecule has 0 saturated heterocycles. The molecule has 0 aliphatic carbocycles. The lowest BCUT2D eigenvalue weighted by atomic mass is 10.1. The van der Waals surface area contributed by atoms with E-state index in [1.165, 1.54) is 19.5 Å². The fraction of sp³-hybridized carbons (Fsp3) is 0.200. The normalized spacial score (nSPS) is 11.9. The maximum Gasteiger partial charge on any atom is 0.422 e. The van der Waals surface area contributed by atoms with Crippen LogP contribution in [-0.4, -0.2) is 20.0 Å². The number of aryl methyl sites for hydroxylation is 1. The average Bonchev–Trinajstić information content (AvgIpc) is 3.38. The van der Waals surface area contributed by atoms with Crippen LogP contribution >= 0.6 is 11.3 Å². The van der Waals surface area contributed by atoms with E-state index in [4.69, 9.17) is 4.42 Å². The molecule has 8 nitrogen and oxygen atoms in total. The van der Waals surface area contributed by atoms with Crippen LogP contribution in [0.4, 0.5) is 32.8 Å². The molecule has 14 heteroatoms. The third-order valence-electron chi connectivity index (χ3n) is 5.04. The molecular formula is C20H13F5N4O4S. The zero-order valence-corrected chi connectivity index (χ0v) is 18.3. The fourth-order valence-electron chi connectivity index (χ4n) is 3.43. The molecule has 0 saturated carbocycles. The molecular weight excluding hydrogens is 487 g/mol. The number of thiazole rings is 1. The van der Waals surface area contributed by atoms with Crippen molar-refractivity contribution in [1.29, 1.82) is 0 Å². The van der Waals surface area contributed by atoms with Gasteiger partial charge in [0, 0.05) is 32.0 Å². The summed E-state index contributed by atoms with van der Waals surface area (Å²) in [5, 5.41) is 0.931. The minimum Gasteiger partial charge on any atom is -0.445 e. The highest BCUT2D eigenvalue weighted by Crippen LogP contribution is 2.40. The van der Waals surface area contributed by atoms with Crippen LogP contribution in [0.1, 0.15) is 12.5 Å². The van der Waals surface area contributed by atoms with E-state index in [0.29, 0.717) is 6.07 Å². The van der Waals surface area contributed by atoms with Crippen molar-refractivity contribution >= 4 is 39.2 Å². The first kappa shape index (κ1) is 23.4. The second-order valence-electron chi connectivity index (χ2n) is 7.16. The van der Waals surface area contributed by atoms with Crippen molar-refractivity contribution in [3.8, 4) is 11.3 Å². The highest BCUT2D eigenvalue weighted by atomic mass is 32.1. The summed E-state index contributed by atoms with van der Waals surface area (Å²) < 4.78 is 74.7. The van der Waals surface area contributed by atoms with Crippen LogP contribution in [0.15, 0.2) is 37.8 Å². The third kappa shape index (κ3) is 3.50. The average molecular weight is 500 g/mol. The van der Waals surface area contributed by atoms with Gasteiger partial charge in [-0.05, 0) is 12.1 Å². The van der Waals surface area contributed by atoms with Crippen molar-refractivity contribution in [3.63, 3.8) is 0 Å². The zero-order valence-electron chi connectivity index (χ0n) is 17.5. The Bertz CT molecular complexity index is 1580. The highest BCUT2D eigenvalue weighted by molar-refractivity contribution is 7.14. The van der Waals surface area contributed by atoms with Crippen molar-refractivity contribution in [3.05, 3.63) is 61.8 Å². The van der Waals surface area contributed by atoms with Gasteiger partial charge in [0.25, 0.3) is 5.56 Å². The molecule has 1 aromatic carbocycles. The van der Waals surface area contributed by atoms with E-state index in [0.717, 1.165) is 44.6 Å². The van der Waals surface area contributed by atoms with Crippen molar-refractivity contribution in [2.45, 2.75) is 13.1 Å². The first-order valence-corrected chi connectivity index (χ1v) is 10.2. The summed E-state index contributed by atoms with van der Waals surface area (Å²) in [6.07, 6.45) is -4.23. The quantitative estimate of drug-likeness (QED) is 0.398. The van der Waals surface area contributed by atoms with Gasteiger partial charge in [-0.3, -0.25) is 23.6 Å². The number of amides is 1. The molecule has 178 valence electrons. The molecule has 34 heavy (non-hydrogen) atoms. The molecule has 3 heterocycles. The molecule has 0 unspecified atom stereocenters. The van der Waals surface area contributed by atoms with Gasteiger partial charge in [-0.1, -0.05) is 0 Å². The fourth-order valence-corrected chi connectivity index (χ4v) is 4.31. The monoisotopic (exact) mass is 500 g/mol. The van der Waals surface area contributed by atoms with Gasteiger partial charge in [0.15, 0.2) is 5.13 Å². The number of fused-ring (bicyclic) bond motifs is 1. The van der Waals surface area contributed by atoms with Crippen LogP contribution in [0.2, 0.25) is 0 Å². The van der Waals surface area contributed by atoms with Crippen LogP contribution in [-0.2, 0) is 25.1 Å². The number of hydrogen-bond donors (Lipinski definition) is 0. The van der Waals surface area contributed by atoms with Gasteiger partial charge in [0.1, 0.15) is 34.5 Å². The standard InChI is InChI=1S/C20H13F5N4O4S/c1-8(30)29(12-6-33-17-13(12)16(31)27(2)19(32)28(17)3)18-26-11(7-34-18)9-4-5-10(21)14(15(9)22)20(23,24)25/h4-7H,1-3H3. The molecule has 4 rings (SSSR count). The van der Waals surface area contributed by atoms with E-state index in [2.05, 4.69) is 4.98 Å². The number of nitrogens with zero attached hydrogens (tertiary/aromatic N) is 4. The Morgan fingerprint density at radius 2 is 1.82 bits per heavy atom. The molecule has 0 bridgehead atoms. The molecule has 0 fully saturated rings. The zero-order chi connectivity index (χ0) is 25.1. The van der Waals surface area contributed by atoms with Gasteiger partial charge in [-0.25, -0.2) is 18.6 Å². The molecule has 0 radical (unpaired) electrons. The summed E-state index contributed by atoms with van der Waals surface area (Å²) in [4.78, 5) is 42.3. The number of aromatic nitrogens is 3. The van der Waals surface area contributed by atoms with E-state index in [9.17, 15) is 36.3 Å². The first-order chi connectivity index (χ1) is 15.8. The Labute approximate surface area is 190 Å². The van der Waals surface area contributed by atoms with Crippen LogP contribution in [0.5, 0.6) is 0 Å². The minimum atomic E-state index is -5.28. The summed E-state index contributed by atoms with van der Waals surface area (Å²) in [6, 6.07) is 1.27. The van der Waals surface area contributed by atoms with Crippen molar-refractivity contribution < 1.29 is 31.2 Å². The molecule has 0 aliphatic heterocycles.